The van der Waals surface area contributed by atoms with Crippen molar-refractivity contribution in [3.05, 3.63) is 12.7 Å². The zero-order valence-electron chi connectivity index (χ0n) is 13.8. The second-order valence-corrected chi connectivity index (χ2v) is 6.19. The first-order valence-corrected chi connectivity index (χ1v) is 8.82. The number of aliphatic hydroxyl groups is 1. The fraction of sp³-hybridized carbons (Fsp3) is 0.833. The number of aliphatic imine (C=N–C) groups is 1. The van der Waals surface area contributed by atoms with Crippen LogP contribution in [0, 0.1) is 0 Å². The molecule has 1 N–H and O–H groups in total. The molecule has 3 heteroatoms. The Kier molecular flexibility index (Phi) is 10.4. The van der Waals surface area contributed by atoms with Gasteiger partial charge in [0, 0.05) is 12.8 Å². The third-order valence-electron chi connectivity index (χ3n) is 4.30. The smallest absolute Gasteiger partial charge is 0.106 e. The molecule has 3 nitrogen and oxygen atoms in total. The number of unbranched alkanes of at least 4 members (excludes halogenated alkanes) is 9. The number of nitrogens with zero attached hydrogens (tertiary/aromatic N) is 2. The minimum Gasteiger partial charge on any atom is -0.379 e. The van der Waals surface area contributed by atoms with E-state index in [-0.39, 0.29) is 12.4 Å². The van der Waals surface area contributed by atoms with Crippen molar-refractivity contribution in [1.29, 1.82) is 0 Å². The van der Waals surface area contributed by atoms with Crippen LogP contribution in [0.1, 0.15) is 77.6 Å². The maximum absolute atomic E-state index is 9.64. The summed E-state index contributed by atoms with van der Waals surface area (Å²) in [7, 11) is 0. The molecule has 0 spiro atoms. The van der Waals surface area contributed by atoms with Crippen LogP contribution in [0.4, 0.5) is 0 Å². The van der Waals surface area contributed by atoms with Gasteiger partial charge in [-0.25, -0.2) is 0 Å². The summed E-state index contributed by atoms with van der Waals surface area (Å²) in [5, 5.41) is 9.64. The van der Waals surface area contributed by atoms with Crippen LogP contribution >= 0.6 is 0 Å². The molecule has 2 unspecified atom stereocenters. The van der Waals surface area contributed by atoms with Crippen molar-refractivity contribution >= 4 is 6.21 Å². The Balaban J connectivity index is 1.86. The highest BCUT2D eigenvalue weighted by molar-refractivity contribution is 5.62. The van der Waals surface area contributed by atoms with Gasteiger partial charge < -0.3 is 5.11 Å². The van der Waals surface area contributed by atoms with Crippen LogP contribution in [-0.4, -0.2) is 35.2 Å². The van der Waals surface area contributed by atoms with Crippen LogP contribution in [0.25, 0.3) is 0 Å². The van der Waals surface area contributed by atoms with Crippen molar-refractivity contribution in [2.75, 3.05) is 6.54 Å². The van der Waals surface area contributed by atoms with Gasteiger partial charge in [0.1, 0.15) is 12.4 Å². The van der Waals surface area contributed by atoms with Crippen molar-refractivity contribution in [3.8, 4) is 0 Å². The van der Waals surface area contributed by atoms with Crippen molar-refractivity contribution in [3.63, 3.8) is 0 Å². The molecule has 122 valence electrons. The SMILES string of the molecule is C=CCCCCCCCCCCCC1N=CCN1C(C)O. The quantitative estimate of drug-likeness (QED) is 0.400. The van der Waals surface area contributed by atoms with E-state index >= 15 is 0 Å². The van der Waals surface area contributed by atoms with Gasteiger partial charge in [0.05, 0.1) is 0 Å². The molecular formula is C18H34N2O. The minimum absolute atomic E-state index is 0.217. The average molecular weight is 294 g/mol. The van der Waals surface area contributed by atoms with Gasteiger partial charge in [0.15, 0.2) is 0 Å². The van der Waals surface area contributed by atoms with E-state index in [1.54, 1.807) is 0 Å². The molecular weight excluding hydrogens is 260 g/mol. The highest BCUT2D eigenvalue weighted by Crippen LogP contribution is 2.18. The minimum atomic E-state index is -0.376. The molecule has 0 aromatic heterocycles. The van der Waals surface area contributed by atoms with Gasteiger partial charge in [0.2, 0.25) is 0 Å². The predicted molar refractivity (Wildman–Crippen MR) is 91.7 cm³/mol. The lowest BCUT2D eigenvalue weighted by Gasteiger charge is -2.25. The van der Waals surface area contributed by atoms with Crippen LogP contribution in [0.5, 0.6) is 0 Å². The molecule has 1 rings (SSSR count). The molecule has 0 aromatic carbocycles. The average Bonchev–Trinajstić information content (AvgIpc) is 2.93. The van der Waals surface area contributed by atoms with E-state index < -0.39 is 0 Å². The second-order valence-electron chi connectivity index (χ2n) is 6.19. The van der Waals surface area contributed by atoms with Crippen molar-refractivity contribution in [2.24, 2.45) is 4.99 Å². The van der Waals surface area contributed by atoms with Crippen LogP contribution < -0.4 is 0 Å². The molecule has 1 aliphatic rings. The Morgan fingerprint density at radius 1 is 1.14 bits per heavy atom. The monoisotopic (exact) mass is 294 g/mol. The highest BCUT2D eigenvalue weighted by atomic mass is 16.3. The summed E-state index contributed by atoms with van der Waals surface area (Å²) in [6, 6.07) is 0. The lowest BCUT2D eigenvalue weighted by molar-refractivity contribution is 0.00710. The summed E-state index contributed by atoms with van der Waals surface area (Å²) < 4.78 is 0. The summed E-state index contributed by atoms with van der Waals surface area (Å²) >= 11 is 0. The maximum atomic E-state index is 9.64. The topological polar surface area (TPSA) is 35.8 Å². The van der Waals surface area contributed by atoms with Crippen LogP contribution in [0.2, 0.25) is 0 Å². The maximum Gasteiger partial charge on any atom is 0.106 e. The number of aliphatic hydroxyl groups excluding tert-OH is 1. The van der Waals surface area contributed by atoms with E-state index in [1.807, 2.05) is 19.2 Å². The van der Waals surface area contributed by atoms with Crippen molar-refractivity contribution in [2.45, 2.75) is 89.9 Å². The van der Waals surface area contributed by atoms with Crippen molar-refractivity contribution < 1.29 is 5.11 Å². The van der Waals surface area contributed by atoms with Crippen molar-refractivity contribution in [1.82, 2.24) is 4.90 Å². The summed E-state index contributed by atoms with van der Waals surface area (Å²) in [6.45, 7) is 6.38. The molecule has 0 aliphatic carbocycles. The van der Waals surface area contributed by atoms with Crippen LogP contribution in [0.3, 0.4) is 0 Å². The molecule has 0 radical (unpaired) electrons. The molecule has 21 heavy (non-hydrogen) atoms. The van der Waals surface area contributed by atoms with Gasteiger partial charge >= 0.3 is 0 Å². The fourth-order valence-electron chi connectivity index (χ4n) is 2.97. The van der Waals surface area contributed by atoms with E-state index in [0.717, 1.165) is 13.0 Å². The van der Waals surface area contributed by atoms with E-state index in [9.17, 15) is 5.11 Å². The van der Waals surface area contributed by atoms with Gasteiger partial charge in [-0.3, -0.25) is 9.89 Å². The molecule has 2 atom stereocenters. The highest BCUT2D eigenvalue weighted by Gasteiger charge is 2.23. The largest absolute Gasteiger partial charge is 0.379 e. The van der Waals surface area contributed by atoms with Crippen LogP contribution in [0.15, 0.2) is 17.6 Å². The van der Waals surface area contributed by atoms with Gasteiger partial charge in [-0.05, 0) is 32.6 Å². The van der Waals surface area contributed by atoms with Gasteiger partial charge in [-0.2, -0.15) is 0 Å². The normalized spacial score (nSPS) is 20.0. The van der Waals surface area contributed by atoms with E-state index in [4.69, 9.17) is 0 Å². The lowest BCUT2D eigenvalue weighted by atomic mass is 10.1. The van der Waals surface area contributed by atoms with E-state index in [1.165, 1.54) is 64.2 Å². The van der Waals surface area contributed by atoms with Gasteiger partial charge in [-0.1, -0.05) is 51.0 Å². The zero-order chi connectivity index (χ0) is 15.3. The molecule has 1 heterocycles. The van der Waals surface area contributed by atoms with E-state index in [2.05, 4.69) is 16.5 Å². The molecule has 0 saturated heterocycles. The molecule has 0 bridgehead atoms. The number of allylic oxidation sites excluding steroid dienone is 1. The fourth-order valence-corrected chi connectivity index (χ4v) is 2.97. The second kappa shape index (κ2) is 11.9. The molecule has 0 amide bonds. The standard InChI is InChI=1S/C18H34N2O/c1-3-4-5-6-7-8-9-10-11-12-13-14-18-19-15-16-20(18)17(2)21/h3,15,17-18,21H,1,4-14,16H2,2H3. The Morgan fingerprint density at radius 2 is 1.71 bits per heavy atom. The first-order chi connectivity index (χ1) is 10.3. The molecule has 1 aliphatic heterocycles. The first kappa shape index (κ1) is 18.4. The van der Waals surface area contributed by atoms with E-state index in [0.29, 0.717) is 0 Å². The number of hydrogen-bond acceptors (Lipinski definition) is 3. The Hall–Kier alpha value is -0.670. The zero-order valence-corrected chi connectivity index (χ0v) is 13.8. The summed E-state index contributed by atoms with van der Waals surface area (Å²) in [5.41, 5.74) is 0. The summed E-state index contributed by atoms with van der Waals surface area (Å²) in [6.07, 6.45) is 18.1. The van der Waals surface area contributed by atoms with Gasteiger partial charge in [-0.15, -0.1) is 6.58 Å². The summed E-state index contributed by atoms with van der Waals surface area (Å²) in [5.74, 6) is 0. The molecule has 0 saturated carbocycles. The predicted octanol–water partition coefficient (Wildman–Crippen LogP) is 4.51. The Morgan fingerprint density at radius 3 is 2.29 bits per heavy atom. The Bertz CT molecular complexity index is 289. The third kappa shape index (κ3) is 8.37. The summed E-state index contributed by atoms with van der Waals surface area (Å²) in [4.78, 5) is 6.51. The van der Waals surface area contributed by atoms with Gasteiger partial charge in [0.25, 0.3) is 0 Å². The lowest BCUT2D eigenvalue weighted by Crippen LogP contribution is -2.37. The molecule has 0 aromatic rings. The third-order valence-corrected chi connectivity index (χ3v) is 4.30. The first-order valence-electron chi connectivity index (χ1n) is 8.82. The van der Waals surface area contributed by atoms with Crippen LogP contribution in [-0.2, 0) is 0 Å². The Labute approximate surface area is 131 Å². The number of hydrogen-bond donors (Lipinski definition) is 1. The molecule has 0 fully saturated rings. The number of rotatable bonds is 13.